The van der Waals surface area contributed by atoms with Crippen LogP contribution in [0.1, 0.15) is 19.8 Å². The second-order valence-corrected chi connectivity index (χ2v) is 2.30. The van der Waals surface area contributed by atoms with Crippen LogP contribution in [0.25, 0.3) is 0 Å². The van der Waals surface area contributed by atoms with Crippen molar-refractivity contribution in [3.8, 4) is 0 Å². The summed E-state index contributed by atoms with van der Waals surface area (Å²) in [6.07, 6.45) is 4.98. The maximum atomic E-state index is 2.49. The normalized spacial score (nSPS) is 21.0. The zero-order chi connectivity index (χ0) is 5.82. The Balaban J connectivity index is 0.000000640. The van der Waals surface area contributed by atoms with Crippen LogP contribution >= 0.6 is 0 Å². The van der Waals surface area contributed by atoms with Gasteiger partial charge in [0.1, 0.15) is 0 Å². The Labute approximate surface area is 69.7 Å². The number of piperidine rings is 1. The monoisotopic (exact) mass is 163 g/mol. The van der Waals surface area contributed by atoms with Crippen molar-refractivity contribution in [3.05, 3.63) is 6.42 Å². The number of rotatable bonds is 1. The van der Waals surface area contributed by atoms with Crippen molar-refractivity contribution in [2.75, 3.05) is 19.6 Å². The summed E-state index contributed by atoms with van der Waals surface area (Å²) < 4.78 is 0. The maximum Gasteiger partial charge on any atom is 0 e. The molecule has 9 heavy (non-hydrogen) atoms. The Hall–Kier alpha value is 0.544. The standard InChI is InChI=1S/C7H14N.V/c1-2-8-6-4-3-5-7-8;/h3H,2,4-7H2,1H3;/q-1;. The molecule has 0 unspecified atom stereocenters. The molecule has 1 aliphatic rings. The maximum absolute atomic E-state index is 2.49. The number of nitrogens with zero attached hydrogens (tertiary/aromatic N) is 1. The van der Waals surface area contributed by atoms with E-state index in [0.29, 0.717) is 0 Å². The summed E-state index contributed by atoms with van der Waals surface area (Å²) >= 11 is 0. The fraction of sp³-hybridized carbons (Fsp3) is 0.857. The quantitative estimate of drug-likeness (QED) is 0.527. The molecule has 1 fully saturated rings. The second-order valence-electron chi connectivity index (χ2n) is 2.30. The minimum atomic E-state index is 0. The van der Waals surface area contributed by atoms with Crippen molar-refractivity contribution in [2.45, 2.75) is 19.8 Å². The third-order valence-corrected chi connectivity index (χ3v) is 1.75. The molecule has 1 saturated heterocycles. The Morgan fingerprint density at radius 2 is 1.89 bits per heavy atom. The van der Waals surface area contributed by atoms with Crippen LogP contribution in [0.2, 0.25) is 0 Å². The third-order valence-electron chi connectivity index (χ3n) is 1.75. The summed E-state index contributed by atoms with van der Waals surface area (Å²) in [6, 6.07) is 0. The average Bonchev–Trinajstić information content (AvgIpc) is 1.90. The van der Waals surface area contributed by atoms with Crippen LogP contribution in [0, 0.1) is 6.42 Å². The fourth-order valence-electron chi connectivity index (χ4n) is 1.12. The first kappa shape index (κ1) is 9.54. The SMILES string of the molecule is CCN1CC[CH-]CC1.[V]. The van der Waals surface area contributed by atoms with Gasteiger partial charge in [-0.3, -0.25) is 0 Å². The molecule has 1 heterocycles. The molecule has 0 bridgehead atoms. The van der Waals surface area contributed by atoms with Crippen LogP contribution in [-0.2, 0) is 18.6 Å². The van der Waals surface area contributed by atoms with E-state index in [1.165, 1.54) is 32.5 Å². The van der Waals surface area contributed by atoms with E-state index in [4.69, 9.17) is 0 Å². The van der Waals surface area contributed by atoms with Crippen LogP contribution < -0.4 is 0 Å². The van der Waals surface area contributed by atoms with Crippen molar-refractivity contribution >= 4 is 0 Å². The molecule has 0 aromatic carbocycles. The first-order valence-corrected chi connectivity index (χ1v) is 3.47. The Morgan fingerprint density at radius 3 is 2.22 bits per heavy atom. The first-order chi connectivity index (χ1) is 3.93. The largest absolute Gasteiger partial charge is 0.326 e. The summed E-state index contributed by atoms with van der Waals surface area (Å²) in [5.41, 5.74) is 0. The van der Waals surface area contributed by atoms with E-state index in [0.717, 1.165) is 0 Å². The molecule has 0 spiro atoms. The molecular weight excluding hydrogens is 149 g/mol. The van der Waals surface area contributed by atoms with Crippen molar-refractivity contribution in [3.63, 3.8) is 0 Å². The van der Waals surface area contributed by atoms with E-state index in [-0.39, 0.29) is 18.6 Å². The van der Waals surface area contributed by atoms with Gasteiger partial charge in [-0.05, 0) is 19.6 Å². The van der Waals surface area contributed by atoms with Crippen molar-refractivity contribution in [2.24, 2.45) is 0 Å². The summed E-state index contributed by atoms with van der Waals surface area (Å²) in [5.74, 6) is 0. The molecule has 0 aliphatic carbocycles. The minimum absolute atomic E-state index is 0. The molecule has 1 radical (unpaired) electrons. The van der Waals surface area contributed by atoms with Gasteiger partial charge in [-0.25, -0.2) is 0 Å². The van der Waals surface area contributed by atoms with Crippen molar-refractivity contribution in [1.29, 1.82) is 0 Å². The van der Waals surface area contributed by atoms with Gasteiger partial charge in [0.15, 0.2) is 0 Å². The third kappa shape index (κ3) is 3.29. The molecule has 0 atom stereocenters. The van der Waals surface area contributed by atoms with Crippen LogP contribution in [-0.4, -0.2) is 24.5 Å². The molecule has 2 heteroatoms. The molecule has 53 valence electrons. The van der Waals surface area contributed by atoms with Gasteiger partial charge in [0.2, 0.25) is 0 Å². The van der Waals surface area contributed by atoms with E-state index in [1.807, 2.05) is 0 Å². The number of likely N-dealkylation sites (tertiary alicyclic amines) is 1. The van der Waals surface area contributed by atoms with Gasteiger partial charge in [-0.2, -0.15) is 12.8 Å². The van der Waals surface area contributed by atoms with Crippen molar-refractivity contribution in [1.82, 2.24) is 4.90 Å². The Morgan fingerprint density at radius 1 is 1.33 bits per heavy atom. The van der Waals surface area contributed by atoms with E-state index in [1.54, 1.807) is 0 Å². The molecule has 0 aromatic rings. The van der Waals surface area contributed by atoms with Gasteiger partial charge in [0, 0.05) is 18.6 Å². The molecule has 0 saturated carbocycles. The predicted molar refractivity (Wildman–Crippen MR) is 35.6 cm³/mol. The van der Waals surface area contributed by atoms with Crippen LogP contribution in [0.4, 0.5) is 0 Å². The number of hydrogen-bond acceptors (Lipinski definition) is 1. The second kappa shape index (κ2) is 5.34. The Kier molecular flexibility index (Phi) is 5.66. The van der Waals surface area contributed by atoms with Crippen LogP contribution in [0.3, 0.4) is 0 Å². The van der Waals surface area contributed by atoms with E-state index < -0.39 is 0 Å². The minimum Gasteiger partial charge on any atom is -0.326 e. The smallest absolute Gasteiger partial charge is 0 e. The summed E-state index contributed by atoms with van der Waals surface area (Å²) in [6.45, 7) is 6.03. The molecule has 1 nitrogen and oxygen atoms in total. The van der Waals surface area contributed by atoms with Gasteiger partial charge in [0.05, 0.1) is 0 Å². The molecule has 0 N–H and O–H groups in total. The molecule has 0 aromatic heterocycles. The van der Waals surface area contributed by atoms with Gasteiger partial charge in [-0.15, -0.1) is 0 Å². The fourth-order valence-corrected chi connectivity index (χ4v) is 1.12. The van der Waals surface area contributed by atoms with Gasteiger partial charge in [0.25, 0.3) is 0 Å². The summed E-state index contributed by atoms with van der Waals surface area (Å²) in [5, 5.41) is 0. The van der Waals surface area contributed by atoms with Crippen LogP contribution in [0.15, 0.2) is 0 Å². The first-order valence-electron chi connectivity index (χ1n) is 3.47. The van der Waals surface area contributed by atoms with E-state index in [9.17, 15) is 0 Å². The van der Waals surface area contributed by atoms with Crippen LogP contribution in [0.5, 0.6) is 0 Å². The molecule has 1 aliphatic heterocycles. The number of hydrogen-bond donors (Lipinski definition) is 0. The summed E-state index contributed by atoms with van der Waals surface area (Å²) in [4.78, 5) is 2.49. The van der Waals surface area contributed by atoms with Gasteiger partial charge < -0.3 is 11.3 Å². The predicted octanol–water partition coefficient (Wildman–Crippen LogP) is 1.30. The van der Waals surface area contributed by atoms with Gasteiger partial charge in [-0.1, -0.05) is 6.92 Å². The Bertz CT molecular complexity index is 59.9. The molecular formula is C7H14NV-. The zero-order valence-electron chi connectivity index (χ0n) is 6.01. The topological polar surface area (TPSA) is 3.24 Å². The molecule has 1 rings (SSSR count). The zero-order valence-corrected chi connectivity index (χ0v) is 7.40. The van der Waals surface area contributed by atoms with Gasteiger partial charge >= 0.3 is 0 Å². The van der Waals surface area contributed by atoms with E-state index >= 15 is 0 Å². The summed E-state index contributed by atoms with van der Waals surface area (Å²) in [7, 11) is 0. The van der Waals surface area contributed by atoms with Crippen molar-refractivity contribution < 1.29 is 18.6 Å². The van der Waals surface area contributed by atoms with E-state index in [2.05, 4.69) is 18.2 Å². The molecule has 0 amide bonds. The average molecular weight is 163 g/mol.